The van der Waals surface area contributed by atoms with E-state index in [4.69, 9.17) is 18.5 Å². The van der Waals surface area contributed by atoms with E-state index in [9.17, 15) is 19.0 Å². The number of likely N-dealkylation sites (N-methyl/N-ethyl adjacent to an activating group) is 1. The van der Waals surface area contributed by atoms with Crippen LogP contribution in [0.15, 0.2) is 60.8 Å². The lowest BCUT2D eigenvalue weighted by atomic mass is 10.0. The molecule has 1 N–H and O–H groups in total. The number of allylic oxidation sites excluding steroid dienone is 10. The van der Waals surface area contributed by atoms with Gasteiger partial charge in [-0.1, -0.05) is 402 Å². The van der Waals surface area contributed by atoms with Crippen molar-refractivity contribution in [1.82, 2.24) is 0 Å². The number of carbonyl (C=O) groups excluding carboxylic acids is 2. The molecule has 0 aliphatic heterocycles. The van der Waals surface area contributed by atoms with Gasteiger partial charge < -0.3 is 18.9 Å². The third kappa shape index (κ3) is 78.7. The molecule has 0 aliphatic rings. The number of quaternary nitrogens is 1. The molecule has 0 spiro atoms. The van der Waals surface area contributed by atoms with Crippen LogP contribution in [0.5, 0.6) is 0 Å². The molecule has 0 rings (SSSR count). The third-order valence-corrected chi connectivity index (χ3v) is 19.5. The zero-order chi connectivity index (χ0) is 68.3. The maximum Gasteiger partial charge on any atom is 0.472 e. The smallest absolute Gasteiger partial charge is 0.462 e. The van der Waals surface area contributed by atoms with E-state index in [1.807, 2.05) is 21.1 Å². The summed E-state index contributed by atoms with van der Waals surface area (Å²) in [5, 5.41) is 0. The van der Waals surface area contributed by atoms with Gasteiger partial charge in [-0.25, -0.2) is 4.57 Å². The van der Waals surface area contributed by atoms with Crippen molar-refractivity contribution in [3.8, 4) is 0 Å². The Labute approximate surface area is 585 Å². The Bertz CT molecular complexity index is 1770. The molecule has 0 heterocycles. The minimum absolute atomic E-state index is 0.0322. The predicted octanol–water partition coefficient (Wildman–Crippen LogP) is 27.3. The van der Waals surface area contributed by atoms with Crippen LogP contribution in [-0.4, -0.2) is 74.9 Å². The van der Waals surface area contributed by atoms with E-state index < -0.39 is 26.5 Å². The van der Waals surface area contributed by atoms with E-state index in [-0.39, 0.29) is 25.6 Å². The summed E-state index contributed by atoms with van der Waals surface area (Å²) in [5.74, 6) is -0.780. The van der Waals surface area contributed by atoms with E-state index in [1.54, 1.807) is 0 Å². The number of nitrogens with zero attached hydrogens (tertiary/aromatic N) is 1. The third-order valence-electron chi connectivity index (χ3n) is 18.6. The molecule has 0 aromatic heterocycles. The number of phosphoric acid groups is 1. The SMILES string of the molecule is CC/C=C\C/C=C\C/C=C\C/C=C\C/C=C\CCCCCCCCCCCCCCCC(=O)OC(COC(=O)CCCCCCCCCCCCCCCCCCCCCCCCCCCCCCCCCCCCCCCCCCC)COP(=O)(O)OCC[N+](C)(C)C. The largest absolute Gasteiger partial charge is 0.472 e. The molecule has 0 aliphatic carbocycles. The molecule has 94 heavy (non-hydrogen) atoms. The summed E-state index contributed by atoms with van der Waals surface area (Å²) in [4.78, 5) is 36.0. The number of unbranched alkanes of at least 4 members (excludes halogenated alkanes) is 53. The van der Waals surface area contributed by atoms with Gasteiger partial charge in [0.15, 0.2) is 6.10 Å². The van der Waals surface area contributed by atoms with Gasteiger partial charge in [0.1, 0.15) is 19.8 Å². The van der Waals surface area contributed by atoms with Crippen molar-refractivity contribution in [2.24, 2.45) is 0 Å². The van der Waals surface area contributed by atoms with Crippen molar-refractivity contribution in [3.63, 3.8) is 0 Å². The van der Waals surface area contributed by atoms with Crippen molar-refractivity contribution in [1.29, 1.82) is 0 Å². The number of rotatable bonds is 77. The highest BCUT2D eigenvalue weighted by Crippen LogP contribution is 2.43. The number of carbonyl (C=O) groups is 2. The number of ether oxygens (including phenoxy) is 2. The van der Waals surface area contributed by atoms with Crippen LogP contribution < -0.4 is 0 Å². The molecule has 0 fully saturated rings. The lowest BCUT2D eigenvalue weighted by molar-refractivity contribution is -0.870. The van der Waals surface area contributed by atoms with Crippen LogP contribution in [-0.2, 0) is 32.7 Å². The van der Waals surface area contributed by atoms with Gasteiger partial charge >= 0.3 is 19.8 Å². The second-order valence-electron chi connectivity index (χ2n) is 29.1. The maximum atomic E-state index is 12.9. The summed E-state index contributed by atoms with van der Waals surface area (Å²) in [6.07, 6.45) is 101. The van der Waals surface area contributed by atoms with Crippen molar-refractivity contribution >= 4 is 19.8 Å². The standard InChI is InChI=1S/C84H158NO8P/c1-6-8-10-12-14-16-18-20-22-24-26-28-30-32-34-36-37-38-39-40-41-42-43-44-45-46-47-49-50-52-54-56-58-60-62-64-66-68-70-72-74-76-83(86)90-80-82(81-92-94(88,89)91-79-78-85(3,4)5)93-84(87)77-75-73-71-69-67-65-63-61-59-57-55-53-51-48-35-33-31-29-27-25-23-21-19-17-15-13-11-9-7-2/h9,11,15,17,21,23,27,29,33,35,82H,6-8,10,12-14,16,18-20,22,24-26,28,30-32,34,36-81H2,1-5H3/p+1/b11-9-,17-15-,23-21-,29-27-,35-33-. The molecule has 10 heteroatoms. The van der Waals surface area contributed by atoms with Crippen molar-refractivity contribution in [2.45, 2.75) is 418 Å². The summed E-state index contributed by atoms with van der Waals surface area (Å²) in [6.45, 7) is 4.39. The fourth-order valence-corrected chi connectivity index (χ4v) is 13.1. The Hall–Kier alpha value is -2.29. The fraction of sp³-hybridized carbons (Fsp3) is 0.857. The van der Waals surface area contributed by atoms with Crippen LogP contribution in [0.1, 0.15) is 412 Å². The lowest BCUT2D eigenvalue weighted by Gasteiger charge is -2.24. The van der Waals surface area contributed by atoms with Gasteiger partial charge in [0.2, 0.25) is 0 Å². The molecule has 2 atom stereocenters. The molecule has 0 saturated heterocycles. The van der Waals surface area contributed by atoms with E-state index in [1.165, 1.54) is 308 Å². The van der Waals surface area contributed by atoms with E-state index in [0.717, 1.165) is 70.6 Å². The first kappa shape index (κ1) is 91.7. The van der Waals surface area contributed by atoms with Crippen LogP contribution in [0.2, 0.25) is 0 Å². The lowest BCUT2D eigenvalue weighted by Crippen LogP contribution is -2.37. The highest BCUT2D eigenvalue weighted by molar-refractivity contribution is 7.47. The second-order valence-corrected chi connectivity index (χ2v) is 30.6. The van der Waals surface area contributed by atoms with Crippen molar-refractivity contribution < 1.29 is 42.1 Å². The molecule has 9 nitrogen and oxygen atoms in total. The first-order valence-corrected chi connectivity index (χ1v) is 42.5. The normalized spacial score (nSPS) is 13.3. The first-order valence-electron chi connectivity index (χ1n) is 41.0. The van der Waals surface area contributed by atoms with Crippen LogP contribution in [0.4, 0.5) is 0 Å². The van der Waals surface area contributed by atoms with E-state index in [0.29, 0.717) is 23.9 Å². The highest BCUT2D eigenvalue weighted by atomic mass is 31.2. The van der Waals surface area contributed by atoms with Crippen LogP contribution in [0.3, 0.4) is 0 Å². The summed E-state index contributed by atoms with van der Waals surface area (Å²) >= 11 is 0. The Morgan fingerprint density at radius 2 is 0.606 bits per heavy atom. The zero-order valence-electron chi connectivity index (χ0n) is 63.2. The van der Waals surface area contributed by atoms with Crippen LogP contribution in [0, 0.1) is 0 Å². The molecular formula is C84H159NO8P+. The maximum absolute atomic E-state index is 12.9. The number of esters is 2. The Balaban J connectivity index is 3.87. The van der Waals surface area contributed by atoms with Crippen LogP contribution in [0.25, 0.3) is 0 Å². The van der Waals surface area contributed by atoms with Crippen LogP contribution >= 0.6 is 7.82 Å². The minimum atomic E-state index is -4.40. The topological polar surface area (TPSA) is 108 Å². The number of hydrogen-bond donors (Lipinski definition) is 1. The molecule has 2 unspecified atom stereocenters. The molecule has 0 saturated carbocycles. The Kier molecular flexibility index (Phi) is 73.1. The molecule has 0 amide bonds. The number of hydrogen-bond acceptors (Lipinski definition) is 7. The van der Waals surface area contributed by atoms with E-state index in [2.05, 4.69) is 74.6 Å². The van der Waals surface area contributed by atoms with Gasteiger partial charge in [0, 0.05) is 12.8 Å². The van der Waals surface area contributed by atoms with Crippen molar-refractivity contribution in [2.75, 3.05) is 47.5 Å². The van der Waals surface area contributed by atoms with Gasteiger partial charge in [0.25, 0.3) is 0 Å². The highest BCUT2D eigenvalue weighted by Gasteiger charge is 2.27. The average molecular weight is 1340 g/mol. The molecule has 0 bridgehead atoms. The molecule has 0 aromatic rings. The predicted molar refractivity (Wildman–Crippen MR) is 409 cm³/mol. The fourth-order valence-electron chi connectivity index (χ4n) is 12.3. The molecule has 0 aromatic carbocycles. The minimum Gasteiger partial charge on any atom is -0.462 e. The first-order chi connectivity index (χ1) is 46.0. The molecular weight excluding hydrogens is 1180 g/mol. The second kappa shape index (κ2) is 74.9. The Morgan fingerprint density at radius 1 is 0.340 bits per heavy atom. The van der Waals surface area contributed by atoms with E-state index >= 15 is 0 Å². The van der Waals surface area contributed by atoms with Gasteiger partial charge in [-0.05, 0) is 57.8 Å². The van der Waals surface area contributed by atoms with Gasteiger partial charge in [0.05, 0.1) is 27.7 Å². The molecule has 0 radical (unpaired) electrons. The summed E-state index contributed by atoms with van der Waals surface area (Å²) < 4.78 is 34.8. The van der Waals surface area contributed by atoms with Gasteiger partial charge in [-0.3, -0.25) is 18.6 Å². The zero-order valence-corrected chi connectivity index (χ0v) is 64.1. The molecule has 552 valence electrons. The quantitative estimate of drug-likeness (QED) is 0.0211. The average Bonchev–Trinajstić information content (AvgIpc) is 1.65. The van der Waals surface area contributed by atoms with Gasteiger partial charge in [-0.15, -0.1) is 0 Å². The summed E-state index contributed by atoms with van der Waals surface area (Å²) in [6, 6.07) is 0. The Morgan fingerprint density at radius 3 is 0.904 bits per heavy atom. The number of phosphoric ester groups is 1. The van der Waals surface area contributed by atoms with Gasteiger partial charge in [-0.2, -0.15) is 0 Å². The summed E-state index contributed by atoms with van der Waals surface area (Å²) in [5.41, 5.74) is 0. The van der Waals surface area contributed by atoms with Crippen molar-refractivity contribution in [3.05, 3.63) is 60.8 Å². The summed E-state index contributed by atoms with van der Waals surface area (Å²) in [7, 11) is 1.49. The monoisotopic (exact) mass is 1340 g/mol.